The van der Waals surface area contributed by atoms with Gasteiger partial charge in [0.15, 0.2) is 5.79 Å². The molecule has 0 aliphatic heterocycles. The second-order valence-electron chi connectivity index (χ2n) is 5.26. The fourth-order valence-electron chi connectivity index (χ4n) is 3.90. The van der Waals surface area contributed by atoms with Crippen LogP contribution in [-0.2, 0) is 9.47 Å². The van der Waals surface area contributed by atoms with Crippen LogP contribution in [0.3, 0.4) is 0 Å². The third-order valence-corrected chi connectivity index (χ3v) is 4.72. The summed E-state index contributed by atoms with van der Waals surface area (Å²) in [5.41, 5.74) is 0. The summed E-state index contributed by atoms with van der Waals surface area (Å²) in [7, 11) is 3.63. The molecule has 0 aromatic rings. The molecule has 0 saturated heterocycles. The van der Waals surface area contributed by atoms with Crippen molar-refractivity contribution in [2.75, 3.05) is 14.2 Å². The highest BCUT2D eigenvalue weighted by Crippen LogP contribution is 2.50. The van der Waals surface area contributed by atoms with E-state index in [1.807, 2.05) is 14.2 Å². The fourth-order valence-corrected chi connectivity index (χ4v) is 3.90. The molecule has 2 rings (SSSR count). The predicted molar refractivity (Wildman–Crippen MR) is 60.6 cm³/mol. The van der Waals surface area contributed by atoms with Crippen LogP contribution in [0.15, 0.2) is 0 Å². The van der Waals surface area contributed by atoms with E-state index in [-0.39, 0.29) is 5.79 Å². The van der Waals surface area contributed by atoms with E-state index >= 15 is 0 Å². The third-order valence-electron chi connectivity index (χ3n) is 4.72. The van der Waals surface area contributed by atoms with E-state index < -0.39 is 0 Å². The summed E-state index contributed by atoms with van der Waals surface area (Å²) in [5, 5.41) is 0. The molecule has 3 atom stereocenters. The zero-order valence-corrected chi connectivity index (χ0v) is 10.3. The van der Waals surface area contributed by atoms with Gasteiger partial charge in [0.2, 0.25) is 0 Å². The maximum absolute atomic E-state index is 5.79. The van der Waals surface area contributed by atoms with Gasteiger partial charge in [-0.05, 0) is 31.6 Å². The van der Waals surface area contributed by atoms with E-state index in [4.69, 9.17) is 9.47 Å². The molecule has 88 valence electrons. The normalized spacial score (nSPS) is 39.8. The molecule has 0 amide bonds. The molecule has 0 heterocycles. The minimum atomic E-state index is -0.288. The van der Waals surface area contributed by atoms with Gasteiger partial charge < -0.3 is 9.47 Å². The monoisotopic (exact) mass is 212 g/mol. The van der Waals surface area contributed by atoms with Crippen LogP contribution >= 0.6 is 0 Å². The Kier molecular flexibility index (Phi) is 3.36. The first-order valence-electron chi connectivity index (χ1n) is 6.35. The number of methoxy groups -OCH3 is 2. The van der Waals surface area contributed by atoms with Crippen LogP contribution in [0.25, 0.3) is 0 Å². The molecule has 0 aromatic heterocycles. The van der Waals surface area contributed by atoms with Gasteiger partial charge in [-0.25, -0.2) is 0 Å². The first-order valence-corrected chi connectivity index (χ1v) is 6.35. The Bertz CT molecular complexity index is 211. The highest BCUT2D eigenvalue weighted by molar-refractivity contribution is 4.94. The lowest BCUT2D eigenvalue weighted by molar-refractivity contribution is -0.295. The van der Waals surface area contributed by atoms with Gasteiger partial charge in [0.25, 0.3) is 0 Å². The number of hydrogen-bond acceptors (Lipinski definition) is 2. The summed E-state index contributed by atoms with van der Waals surface area (Å²) in [5.74, 6) is 1.72. The lowest BCUT2D eigenvalue weighted by Crippen LogP contribution is -2.54. The Hall–Kier alpha value is -0.0800. The molecular formula is C13H24O2. The molecule has 0 radical (unpaired) electrons. The molecule has 0 aromatic carbocycles. The predicted octanol–water partition coefficient (Wildman–Crippen LogP) is 3.21. The van der Waals surface area contributed by atoms with Gasteiger partial charge in [-0.2, -0.15) is 0 Å². The Morgan fingerprint density at radius 2 is 1.60 bits per heavy atom. The van der Waals surface area contributed by atoms with E-state index in [9.17, 15) is 0 Å². The Morgan fingerprint density at radius 3 is 2.27 bits per heavy atom. The molecule has 15 heavy (non-hydrogen) atoms. The van der Waals surface area contributed by atoms with Crippen LogP contribution in [0, 0.1) is 17.8 Å². The zero-order valence-electron chi connectivity index (χ0n) is 10.3. The van der Waals surface area contributed by atoms with Crippen LogP contribution in [-0.4, -0.2) is 20.0 Å². The van der Waals surface area contributed by atoms with Crippen molar-refractivity contribution in [1.82, 2.24) is 0 Å². The molecule has 2 aliphatic rings. The molecule has 3 unspecified atom stereocenters. The SMILES string of the molecule is COC1(OC)C(C)CCC2CCCCC21. The van der Waals surface area contributed by atoms with Crippen molar-refractivity contribution in [1.29, 1.82) is 0 Å². The van der Waals surface area contributed by atoms with Crippen LogP contribution in [0.4, 0.5) is 0 Å². The van der Waals surface area contributed by atoms with E-state index in [1.54, 1.807) is 0 Å². The van der Waals surface area contributed by atoms with Crippen molar-refractivity contribution in [3.8, 4) is 0 Å². The highest BCUT2D eigenvalue weighted by atomic mass is 16.7. The van der Waals surface area contributed by atoms with Crippen molar-refractivity contribution in [3.05, 3.63) is 0 Å². The second kappa shape index (κ2) is 4.42. The van der Waals surface area contributed by atoms with Gasteiger partial charge in [0, 0.05) is 26.1 Å². The summed E-state index contributed by atoms with van der Waals surface area (Å²) >= 11 is 0. The van der Waals surface area contributed by atoms with Crippen molar-refractivity contribution >= 4 is 0 Å². The zero-order chi connectivity index (χ0) is 10.9. The van der Waals surface area contributed by atoms with Gasteiger partial charge in [-0.3, -0.25) is 0 Å². The quantitative estimate of drug-likeness (QED) is 0.654. The molecule has 0 bridgehead atoms. The highest BCUT2D eigenvalue weighted by Gasteiger charge is 2.51. The summed E-state index contributed by atoms with van der Waals surface area (Å²) in [6.45, 7) is 2.28. The van der Waals surface area contributed by atoms with Gasteiger partial charge in [0.05, 0.1) is 0 Å². The van der Waals surface area contributed by atoms with E-state index in [1.165, 1.54) is 38.5 Å². The first-order chi connectivity index (χ1) is 7.24. The summed E-state index contributed by atoms with van der Waals surface area (Å²) in [6, 6.07) is 0. The lowest BCUT2D eigenvalue weighted by Gasteiger charge is -2.51. The van der Waals surface area contributed by atoms with Gasteiger partial charge >= 0.3 is 0 Å². The average Bonchev–Trinajstić information content (AvgIpc) is 2.30. The maximum atomic E-state index is 5.79. The molecule has 0 N–H and O–H groups in total. The van der Waals surface area contributed by atoms with Gasteiger partial charge in [-0.1, -0.05) is 19.8 Å². The topological polar surface area (TPSA) is 18.5 Å². The Balaban J connectivity index is 2.22. The number of fused-ring (bicyclic) bond motifs is 1. The van der Waals surface area contributed by atoms with Crippen LogP contribution in [0.5, 0.6) is 0 Å². The van der Waals surface area contributed by atoms with Crippen molar-refractivity contribution in [2.45, 2.75) is 51.2 Å². The molecule has 2 heteroatoms. The van der Waals surface area contributed by atoms with Crippen LogP contribution in [0.1, 0.15) is 45.4 Å². The summed E-state index contributed by atoms with van der Waals surface area (Å²) in [4.78, 5) is 0. The number of hydrogen-bond donors (Lipinski definition) is 0. The second-order valence-corrected chi connectivity index (χ2v) is 5.26. The minimum absolute atomic E-state index is 0.288. The molecule has 2 fully saturated rings. The molecule has 0 spiro atoms. The molecule has 2 nitrogen and oxygen atoms in total. The van der Waals surface area contributed by atoms with Crippen molar-refractivity contribution in [3.63, 3.8) is 0 Å². The molecule has 2 saturated carbocycles. The standard InChI is InChI=1S/C13H24O2/c1-10-8-9-11-6-4-5-7-12(11)13(10,14-2)15-3/h10-12H,4-9H2,1-3H3. The molecule has 2 aliphatic carbocycles. The van der Waals surface area contributed by atoms with Crippen LogP contribution < -0.4 is 0 Å². The molecular weight excluding hydrogens is 188 g/mol. The van der Waals surface area contributed by atoms with Crippen molar-refractivity contribution < 1.29 is 9.47 Å². The lowest BCUT2D eigenvalue weighted by atomic mass is 9.64. The minimum Gasteiger partial charge on any atom is -0.353 e. The maximum Gasteiger partial charge on any atom is 0.173 e. The van der Waals surface area contributed by atoms with Gasteiger partial charge in [0.1, 0.15) is 0 Å². The Labute approximate surface area is 93.3 Å². The van der Waals surface area contributed by atoms with Gasteiger partial charge in [-0.15, -0.1) is 0 Å². The average molecular weight is 212 g/mol. The largest absolute Gasteiger partial charge is 0.353 e. The first kappa shape index (κ1) is 11.4. The summed E-state index contributed by atoms with van der Waals surface area (Å²) < 4.78 is 11.6. The van der Waals surface area contributed by atoms with E-state index in [0.29, 0.717) is 11.8 Å². The smallest absolute Gasteiger partial charge is 0.173 e. The van der Waals surface area contributed by atoms with E-state index in [0.717, 1.165) is 5.92 Å². The number of rotatable bonds is 2. The third kappa shape index (κ3) is 1.72. The Morgan fingerprint density at radius 1 is 0.933 bits per heavy atom. The number of ether oxygens (including phenoxy) is 2. The van der Waals surface area contributed by atoms with Crippen LogP contribution in [0.2, 0.25) is 0 Å². The fraction of sp³-hybridized carbons (Fsp3) is 1.00. The summed E-state index contributed by atoms with van der Waals surface area (Å²) in [6.07, 6.45) is 8.05. The van der Waals surface area contributed by atoms with Crippen molar-refractivity contribution in [2.24, 2.45) is 17.8 Å². The van der Waals surface area contributed by atoms with E-state index in [2.05, 4.69) is 6.92 Å².